The van der Waals surface area contributed by atoms with Crippen molar-refractivity contribution in [1.82, 2.24) is 0 Å². The zero-order valence-electron chi connectivity index (χ0n) is 11.1. The van der Waals surface area contributed by atoms with Crippen LogP contribution in [0.5, 0.6) is 0 Å². The van der Waals surface area contributed by atoms with E-state index in [2.05, 4.69) is 20.8 Å². The van der Waals surface area contributed by atoms with Crippen molar-refractivity contribution in [3.8, 4) is 0 Å². The molecule has 0 amide bonds. The van der Waals surface area contributed by atoms with Gasteiger partial charge in [-0.05, 0) is 37.8 Å². The Balaban J connectivity index is 2.08. The van der Waals surface area contributed by atoms with Gasteiger partial charge in [-0.3, -0.25) is 0 Å². The SMILES string of the molecule is CC1OC(C)C(C(Cl)Cc2ccccc2F)C1C. The van der Waals surface area contributed by atoms with Crippen LogP contribution < -0.4 is 0 Å². The zero-order chi connectivity index (χ0) is 13.3. The van der Waals surface area contributed by atoms with Crippen LogP contribution in [-0.2, 0) is 11.2 Å². The number of halogens is 2. The van der Waals surface area contributed by atoms with E-state index in [1.165, 1.54) is 6.07 Å². The van der Waals surface area contributed by atoms with E-state index >= 15 is 0 Å². The number of benzene rings is 1. The lowest BCUT2D eigenvalue weighted by Gasteiger charge is -2.24. The Kier molecular flexibility index (Phi) is 4.29. The molecule has 1 heterocycles. The molecule has 0 saturated carbocycles. The van der Waals surface area contributed by atoms with Gasteiger partial charge in [-0.2, -0.15) is 0 Å². The maximum absolute atomic E-state index is 13.6. The molecule has 0 radical (unpaired) electrons. The lowest BCUT2D eigenvalue weighted by molar-refractivity contribution is 0.0508. The molecule has 5 unspecified atom stereocenters. The van der Waals surface area contributed by atoms with Crippen LogP contribution in [0.15, 0.2) is 24.3 Å². The third-order valence-corrected chi connectivity index (χ3v) is 4.55. The van der Waals surface area contributed by atoms with E-state index in [4.69, 9.17) is 16.3 Å². The van der Waals surface area contributed by atoms with E-state index in [0.29, 0.717) is 17.9 Å². The van der Waals surface area contributed by atoms with Gasteiger partial charge in [-0.15, -0.1) is 11.6 Å². The molecule has 100 valence electrons. The minimum absolute atomic E-state index is 0.0863. The predicted octanol–water partition coefficient (Wildman–Crippen LogP) is 4.04. The van der Waals surface area contributed by atoms with Gasteiger partial charge in [0.15, 0.2) is 0 Å². The normalized spacial score (nSPS) is 33.6. The van der Waals surface area contributed by atoms with Gasteiger partial charge in [0, 0.05) is 11.3 Å². The summed E-state index contributed by atoms with van der Waals surface area (Å²) in [6.45, 7) is 6.30. The first-order valence-electron chi connectivity index (χ1n) is 6.53. The minimum Gasteiger partial charge on any atom is -0.375 e. The third kappa shape index (κ3) is 2.70. The average molecular weight is 271 g/mol. The summed E-state index contributed by atoms with van der Waals surface area (Å²) >= 11 is 6.50. The average Bonchev–Trinajstić information content (AvgIpc) is 2.56. The van der Waals surface area contributed by atoms with Crippen molar-refractivity contribution in [1.29, 1.82) is 0 Å². The van der Waals surface area contributed by atoms with Crippen molar-refractivity contribution in [2.75, 3.05) is 0 Å². The number of ether oxygens (including phenoxy) is 1. The first-order chi connectivity index (χ1) is 8.50. The number of rotatable bonds is 3. The largest absolute Gasteiger partial charge is 0.375 e. The Bertz CT molecular complexity index is 409. The summed E-state index contributed by atoms with van der Waals surface area (Å²) in [7, 11) is 0. The predicted molar refractivity (Wildman–Crippen MR) is 72.4 cm³/mol. The maximum Gasteiger partial charge on any atom is 0.126 e. The molecule has 0 aromatic heterocycles. The second-order valence-corrected chi connectivity index (χ2v) is 5.85. The van der Waals surface area contributed by atoms with E-state index in [9.17, 15) is 4.39 Å². The van der Waals surface area contributed by atoms with Crippen molar-refractivity contribution >= 4 is 11.6 Å². The molecule has 1 aliphatic heterocycles. The highest BCUT2D eigenvalue weighted by molar-refractivity contribution is 6.21. The maximum atomic E-state index is 13.6. The van der Waals surface area contributed by atoms with Gasteiger partial charge in [-0.1, -0.05) is 25.1 Å². The lowest BCUT2D eigenvalue weighted by atomic mass is 9.84. The fourth-order valence-electron chi connectivity index (χ4n) is 2.93. The summed E-state index contributed by atoms with van der Waals surface area (Å²) in [5.74, 6) is 0.519. The van der Waals surface area contributed by atoms with Crippen LogP contribution in [0.1, 0.15) is 26.3 Å². The number of hydrogen-bond acceptors (Lipinski definition) is 1. The Labute approximate surface area is 113 Å². The van der Waals surface area contributed by atoms with Gasteiger partial charge in [0.2, 0.25) is 0 Å². The molecule has 18 heavy (non-hydrogen) atoms. The van der Waals surface area contributed by atoms with Crippen LogP contribution in [0.2, 0.25) is 0 Å². The van der Waals surface area contributed by atoms with Gasteiger partial charge >= 0.3 is 0 Å². The Morgan fingerprint density at radius 1 is 1.22 bits per heavy atom. The van der Waals surface area contributed by atoms with E-state index in [1.807, 2.05) is 6.07 Å². The van der Waals surface area contributed by atoms with Crippen molar-refractivity contribution in [2.45, 2.75) is 44.8 Å². The van der Waals surface area contributed by atoms with Crippen LogP contribution in [-0.4, -0.2) is 17.6 Å². The van der Waals surface area contributed by atoms with Crippen molar-refractivity contribution in [3.05, 3.63) is 35.6 Å². The van der Waals surface area contributed by atoms with Crippen LogP contribution in [0, 0.1) is 17.7 Å². The summed E-state index contributed by atoms with van der Waals surface area (Å²) in [5, 5.41) is -0.0863. The Morgan fingerprint density at radius 3 is 2.44 bits per heavy atom. The molecule has 1 aromatic carbocycles. The summed E-state index contributed by atoms with van der Waals surface area (Å²) in [5.41, 5.74) is 0.691. The van der Waals surface area contributed by atoms with Crippen LogP contribution in [0.4, 0.5) is 4.39 Å². The first-order valence-corrected chi connectivity index (χ1v) is 6.97. The van der Waals surface area contributed by atoms with Crippen LogP contribution >= 0.6 is 11.6 Å². The van der Waals surface area contributed by atoms with E-state index in [0.717, 1.165) is 0 Å². The molecule has 0 aliphatic carbocycles. The molecule has 0 N–H and O–H groups in total. The highest BCUT2D eigenvalue weighted by Gasteiger charge is 2.41. The zero-order valence-corrected chi connectivity index (χ0v) is 11.8. The molecule has 0 spiro atoms. The Morgan fingerprint density at radius 2 is 1.89 bits per heavy atom. The third-order valence-electron chi connectivity index (χ3n) is 4.11. The Hall–Kier alpha value is -0.600. The molecule has 3 heteroatoms. The fraction of sp³-hybridized carbons (Fsp3) is 0.600. The van der Waals surface area contributed by atoms with Gasteiger partial charge in [0.1, 0.15) is 5.82 Å². The van der Waals surface area contributed by atoms with Gasteiger partial charge in [0.25, 0.3) is 0 Å². The van der Waals surface area contributed by atoms with Gasteiger partial charge in [0.05, 0.1) is 12.2 Å². The quantitative estimate of drug-likeness (QED) is 0.754. The molecule has 1 nitrogen and oxygen atoms in total. The van der Waals surface area contributed by atoms with Crippen molar-refractivity contribution in [2.24, 2.45) is 11.8 Å². The smallest absolute Gasteiger partial charge is 0.126 e. The summed E-state index contributed by atoms with van der Waals surface area (Å²) in [4.78, 5) is 0. The molecule has 5 atom stereocenters. The summed E-state index contributed by atoms with van der Waals surface area (Å²) in [6, 6.07) is 6.84. The second-order valence-electron chi connectivity index (χ2n) is 5.29. The molecule has 1 aliphatic rings. The first kappa shape index (κ1) is 13.8. The lowest BCUT2D eigenvalue weighted by Crippen LogP contribution is -2.29. The highest BCUT2D eigenvalue weighted by atomic mass is 35.5. The van der Waals surface area contributed by atoms with E-state index < -0.39 is 0 Å². The topological polar surface area (TPSA) is 9.23 Å². The summed E-state index contributed by atoms with van der Waals surface area (Å²) < 4.78 is 19.4. The molecule has 1 aromatic rings. The molecular formula is C15H20ClFO. The molecule has 1 fully saturated rings. The van der Waals surface area contributed by atoms with Crippen molar-refractivity contribution < 1.29 is 9.13 Å². The number of alkyl halides is 1. The van der Waals surface area contributed by atoms with Crippen LogP contribution in [0.25, 0.3) is 0 Å². The van der Waals surface area contributed by atoms with E-state index in [-0.39, 0.29) is 29.3 Å². The highest BCUT2D eigenvalue weighted by Crippen LogP contribution is 2.37. The molecule has 0 bridgehead atoms. The molecular weight excluding hydrogens is 251 g/mol. The fourth-order valence-corrected chi connectivity index (χ4v) is 3.53. The molecule has 1 saturated heterocycles. The summed E-state index contributed by atoms with van der Waals surface area (Å²) in [6.07, 6.45) is 0.931. The van der Waals surface area contributed by atoms with Gasteiger partial charge in [-0.25, -0.2) is 4.39 Å². The standard InChI is InChI=1S/C15H20ClFO/c1-9-10(2)18-11(3)15(9)13(16)8-12-6-4-5-7-14(12)17/h4-7,9-11,13,15H,8H2,1-3H3. The minimum atomic E-state index is -0.171. The van der Waals surface area contributed by atoms with Crippen molar-refractivity contribution in [3.63, 3.8) is 0 Å². The van der Waals surface area contributed by atoms with E-state index in [1.54, 1.807) is 12.1 Å². The monoisotopic (exact) mass is 270 g/mol. The van der Waals surface area contributed by atoms with Crippen LogP contribution in [0.3, 0.4) is 0 Å². The second kappa shape index (κ2) is 5.58. The van der Waals surface area contributed by atoms with Gasteiger partial charge < -0.3 is 4.74 Å². The molecule has 2 rings (SSSR count). The number of hydrogen-bond donors (Lipinski definition) is 0.